The third-order valence-electron chi connectivity index (χ3n) is 4.45. The van der Waals surface area contributed by atoms with Gasteiger partial charge >= 0.3 is 0 Å². The summed E-state index contributed by atoms with van der Waals surface area (Å²) in [5.74, 6) is 0.989. The highest BCUT2D eigenvalue weighted by Gasteiger charge is 2.14. The fraction of sp³-hybridized carbons (Fsp3) is 0.682. The van der Waals surface area contributed by atoms with Crippen molar-refractivity contribution < 1.29 is 9.53 Å². The van der Waals surface area contributed by atoms with E-state index in [9.17, 15) is 4.79 Å². The van der Waals surface area contributed by atoms with Crippen LogP contribution in [0.5, 0.6) is 5.75 Å². The summed E-state index contributed by atoms with van der Waals surface area (Å²) in [5, 5.41) is 0. The Hall–Kier alpha value is -1.51. The quantitative estimate of drug-likeness (QED) is 0.478. The van der Waals surface area contributed by atoms with Gasteiger partial charge < -0.3 is 9.64 Å². The Morgan fingerprint density at radius 3 is 2.12 bits per heavy atom. The van der Waals surface area contributed by atoms with Crippen LogP contribution in [-0.2, 0) is 17.6 Å². The molecule has 0 radical (unpaired) electrons. The second-order valence-corrected chi connectivity index (χ2v) is 6.82. The van der Waals surface area contributed by atoms with Crippen LogP contribution >= 0.6 is 0 Å². The summed E-state index contributed by atoms with van der Waals surface area (Å²) in [5.41, 5.74) is 2.59. The average molecular weight is 348 g/mol. The Labute approximate surface area is 154 Å². The lowest BCUT2D eigenvalue weighted by Gasteiger charge is -2.23. The van der Waals surface area contributed by atoms with Gasteiger partial charge in [0.1, 0.15) is 5.75 Å². The fourth-order valence-electron chi connectivity index (χ4n) is 2.97. The minimum absolute atomic E-state index is 0.113. The van der Waals surface area contributed by atoms with E-state index in [1.807, 2.05) is 11.0 Å². The number of nitrogens with zero attached hydrogens (tertiary/aromatic N) is 1. The number of amides is 1. The summed E-state index contributed by atoms with van der Waals surface area (Å²) in [7, 11) is 0. The molecule has 1 aromatic rings. The molecule has 25 heavy (non-hydrogen) atoms. The number of carbonyl (C=O) groups is 1. The van der Waals surface area contributed by atoms with Crippen LogP contribution in [0.2, 0.25) is 0 Å². The van der Waals surface area contributed by atoms with Crippen LogP contribution < -0.4 is 4.74 Å². The number of ether oxygens (including phenoxy) is 1. The monoisotopic (exact) mass is 347 g/mol. The molecule has 0 spiro atoms. The third kappa shape index (κ3) is 7.94. The van der Waals surface area contributed by atoms with Crippen molar-refractivity contribution in [3.8, 4) is 5.75 Å². The van der Waals surface area contributed by atoms with Gasteiger partial charge in [0.05, 0.1) is 0 Å². The first-order chi connectivity index (χ1) is 12.2. The van der Waals surface area contributed by atoms with Gasteiger partial charge in [-0.1, -0.05) is 65.5 Å². The van der Waals surface area contributed by atoms with Gasteiger partial charge in [-0.15, -0.1) is 0 Å². The van der Waals surface area contributed by atoms with E-state index < -0.39 is 0 Å². The normalized spacial score (nSPS) is 10.7. The van der Waals surface area contributed by atoms with Crippen molar-refractivity contribution in [3.63, 3.8) is 0 Å². The summed E-state index contributed by atoms with van der Waals surface area (Å²) in [6.45, 7) is 10.5. The van der Waals surface area contributed by atoms with Crippen LogP contribution in [-0.4, -0.2) is 30.5 Å². The number of rotatable bonds is 13. The van der Waals surface area contributed by atoms with Gasteiger partial charge in [-0.05, 0) is 42.9 Å². The fourth-order valence-corrected chi connectivity index (χ4v) is 2.97. The van der Waals surface area contributed by atoms with Crippen molar-refractivity contribution in [1.82, 2.24) is 4.90 Å². The smallest absolute Gasteiger partial charge is 0.260 e. The number of aryl methyl sites for hydroxylation is 2. The molecule has 1 amide bonds. The first kappa shape index (κ1) is 21.5. The standard InChI is InChI=1S/C22H37NO2/c1-5-9-15-23(16-10-6-2)22(24)18-25-21-14-13-19(11-7-3)17-20(21)12-8-4/h13-14,17H,5-12,15-16,18H2,1-4H3. The second-order valence-electron chi connectivity index (χ2n) is 6.82. The molecule has 0 aliphatic carbocycles. The molecule has 0 saturated carbocycles. The van der Waals surface area contributed by atoms with E-state index in [-0.39, 0.29) is 12.5 Å². The molecular formula is C22H37NO2. The third-order valence-corrected chi connectivity index (χ3v) is 4.45. The van der Waals surface area contributed by atoms with Crippen LogP contribution in [0, 0.1) is 0 Å². The summed E-state index contributed by atoms with van der Waals surface area (Å²) in [6.07, 6.45) is 8.65. The zero-order chi connectivity index (χ0) is 18.5. The molecule has 1 aromatic carbocycles. The van der Waals surface area contributed by atoms with Gasteiger partial charge in [-0.3, -0.25) is 4.79 Å². The number of benzene rings is 1. The van der Waals surface area contributed by atoms with Crippen LogP contribution in [0.1, 0.15) is 77.3 Å². The van der Waals surface area contributed by atoms with Gasteiger partial charge in [0.2, 0.25) is 0 Å². The van der Waals surface area contributed by atoms with Crippen molar-refractivity contribution in [1.29, 1.82) is 0 Å². The minimum Gasteiger partial charge on any atom is -0.483 e. The topological polar surface area (TPSA) is 29.5 Å². The lowest BCUT2D eigenvalue weighted by molar-refractivity contribution is -0.133. The van der Waals surface area contributed by atoms with E-state index in [0.717, 1.165) is 70.2 Å². The van der Waals surface area contributed by atoms with E-state index in [1.165, 1.54) is 11.1 Å². The molecular weight excluding hydrogens is 310 g/mol. The molecule has 0 unspecified atom stereocenters. The molecule has 0 bridgehead atoms. The van der Waals surface area contributed by atoms with Gasteiger partial charge in [-0.2, -0.15) is 0 Å². The minimum atomic E-state index is 0.113. The van der Waals surface area contributed by atoms with Gasteiger partial charge in [0.15, 0.2) is 6.61 Å². The van der Waals surface area contributed by atoms with Gasteiger partial charge in [-0.25, -0.2) is 0 Å². The maximum Gasteiger partial charge on any atom is 0.260 e. The van der Waals surface area contributed by atoms with Crippen molar-refractivity contribution in [2.24, 2.45) is 0 Å². The molecule has 0 N–H and O–H groups in total. The Kier molecular flexibility index (Phi) is 11.0. The van der Waals surface area contributed by atoms with E-state index in [2.05, 4.69) is 39.8 Å². The molecule has 0 atom stereocenters. The molecule has 0 aromatic heterocycles. The summed E-state index contributed by atoms with van der Waals surface area (Å²) >= 11 is 0. The molecule has 142 valence electrons. The Morgan fingerprint density at radius 1 is 0.920 bits per heavy atom. The van der Waals surface area contributed by atoms with E-state index in [1.54, 1.807) is 0 Å². The first-order valence-corrected chi connectivity index (χ1v) is 10.2. The first-order valence-electron chi connectivity index (χ1n) is 10.2. The van der Waals surface area contributed by atoms with E-state index in [4.69, 9.17) is 4.74 Å². The van der Waals surface area contributed by atoms with Crippen molar-refractivity contribution >= 4 is 5.91 Å². The lowest BCUT2D eigenvalue weighted by atomic mass is 10.0. The molecule has 0 aliphatic heterocycles. The van der Waals surface area contributed by atoms with E-state index in [0.29, 0.717) is 0 Å². The number of hydrogen-bond donors (Lipinski definition) is 0. The summed E-state index contributed by atoms with van der Waals surface area (Å²) in [6, 6.07) is 6.43. The largest absolute Gasteiger partial charge is 0.483 e. The number of carbonyl (C=O) groups excluding carboxylic acids is 1. The van der Waals surface area contributed by atoms with Gasteiger partial charge in [0.25, 0.3) is 5.91 Å². The predicted molar refractivity (Wildman–Crippen MR) is 106 cm³/mol. The Bertz CT molecular complexity index is 491. The highest BCUT2D eigenvalue weighted by molar-refractivity contribution is 5.77. The van der Waals surface area contributed by atoms with Crippen LogP contribution in [0.4, 0.5) is 0 Å². The predicted octanol–water partition coefficient (Wildman–Crippen LogP) is 5.40. The van der Waals surface area contributed by atoms with Crippen LogP contribution in [0.15, 0.2) is 18.2 Å². The molecule has 3 heteroatoms. The SMILES string of the molecule is CCCCN(CCCC)C(=O)COc1ccc(CCC)cc1CCC. The number of hydrogen-bond acceptors (Lipinski definition) is 2. The van der Waals surface area contributed by atoms with Crippen LogP contribution in [0.3, 0.4) is 0 Å². The highest BCUT2D eigenvalue weighted by Crippen LogP contribution is 2.23. The molecule has 0 saturated heterocycles. The lowest BCUT2D eigenvalue weighted by Crippen LogP contribution is -2.36. The maximum absolute atomic E-state index is 12.6. The Balaban J connectivity index is 2.71. The molecule has 0 fully saturated rings. The zero-order valence-corrected chi connectivity index (χ0v) is 16.8. The average Bonchev–Trinajstić information content (AvgIpc) is 2.61. The van der Waals surface area contributed by atoms with Crippen LogP contribution in [0.25, 0.3) is 0 Å². The van der Waals surface area contributed by atoms with Crippen molar-refractivity contribution in [2.45, 2.75) is 79.1 Å². The van der Waals surface area contributed by atoms with Crippen molar-refractivity contribution in [2.75, 3.05) is 19.7 Å². The Morgan fingerprint density at radius 2 is 1.56 bits per heavy atom. The van der Waals surface area contributed by atoms with Gasteiger partial charge in [0, 0.05) is 13.1 Å². The molecule has 1 rings (SSSR count). The van der Waals surface area contributed by atoms with E-state index >= 15 is 0 Å². The molecule has 0 heterocycles. The molecule has 3 nitrogen and oxygen atoms in total. The highest BCUT2D eigenvalue weighted by atomic mass is 16.5. The maximum atomic E-state index is 12.6. The second kappa shape index (κ2) is 12.8. The summed E-state index contributed by atoms with van der Waals surface area (Å²) in [4.78, 5) is 14.5. The zero-order valence-electron chi connectivity index (χ0n) is 16.8. The number of unbranched alkanes of at least 4 members (excludes halogenated alkanes) is 2. The molecule has 0 aliphatic rings. The van der Waals surface area contributed by atoms with Crippen molar-refractivity contribution in [3.05, 3.63) is 29.3 Å². The summed E-state index contributed by atoms with van der Waals surface area (Å²) < 4.78 is 5.93.